The standard InChI is InChI=1S/C8H8N2O5.Na.H/c1-15-7-3-5(9)6(10(13)14)2-4(7)8(11)12;;/h2-3H,9H2,1H3,(H,11,12);;. The van der Waals surface area contributed by atoms with Crippen LogP contribution in [0, 0.1) is 10.1 Å². The number of hydrogen-bond acceptors (Lipinski definition) is 5. The normalized spacial score (nSPS) is 9.06. The van der Waals surface area contributed by atoms with Crippen LogP contribution in [0.4, 0.5) is 11.4 Å². The number of benzene rings is 1. The third-order valence-corrected chi connectivity index (χ3v) is 1.78. The van der Waals surface area contributed by atoms with Gasteiger partial charge in [0, 0.05) is 12.1 Å². The van der Waals surface area contributed by atoms with Crippen molar-refractivity contribution in [2.45, 2.75) is 0 Å². The van der Waals surface area contributed by atoms with Crippen LogP contribution in [0.25, 0.3) is 0 Å². The molecule has 0 aromatic heterocycles. The van der Waals surface area contributed by atoms with Gasteiger partial charge < -0.3 is 15.6 Å². The summed E-state index contributed by atoms with van der Waals surface area (Å²) in [6, 6.07) is 1.98. The Morgan fingerprint density at radius 1 is 1.56 bits per heavy atom. The number of carbonyl (C=O) groups is 1. The minimum absolute atomic E-state index is 0. The molecule has 0 bridgehead atoms. The number of nitro groups is 1. The molecular formula is C8H9N2NaO5. The number of aromatic carboxylic acids is 1. The maximum absolute atomic E-state index is 10.7. The van der Waals surface area contributed by atoms with E-state index >= 15 is 0 Å². The van der Waals surface area contributed by atoms with Gasteiger partial charge in [0.25, 0.3) is 5.69 Å². The molecule has 1 aromatic rings. The van der Waals surface area contributed by atoms with E-state index < -0.39 is 16.6 Å². The summed E-state index contributed by atoms with van der Waals surface area (Å²) in [7, 11) is 1.26. The molecule has 0 aliphatic carbocycles. The molecule has 82 valence electrons. The fourth-order valence-corrected chi connectivity index (χ4v) is 1.08. The van der Waals surface area contributed by atoms with Crippen molar-refractivity contribution >= 4 is 46.9 Å². The van der Waals surface area contributed by atoms with Gasteiger partial charge in [-0.25, -0.2) is 4.79 Å². The van der Waals surface area contributed by atoms with Crippen molar-refractivity contribution in [3.63, 3.8) is 0 Å². The summed E-state index contributed by atoms with van der Waals surface area (Å²) in [6.07, 6.45) is 0. The number of methoxy groups -OCH3 is 1. The van der Waals surface area contributed by atoms with Gasteiger partial charge in [-0.3, -0.25) is 10.1 Å². The monoisotopic (exact) mass is 236 g/mol. The first-order chi connectivity index (χ1) is 6.97. The number of carboxylic acids is 1. The number of nitrogens with zero attached hydrogens (tertiary/aromatic N) is 1. The molecule has 1 rings (SSSR count). The predicted octanol–water partition coefficient (Wildman–Crippen LogP) is 0.235. The van der Waals surface area contributed by atoms with Crippen molar-refractivity contribution in [2.75, 3.05) is 12.8 Å². The van der Waals surface area contributed by atoms with Gasteiger partial charge >= 0.3 is 35.5 Å². The molecule has 0 saturated carbocycles. The van der Waals surface area contributed by atoms with Crippen LogP contribution >= 0.6 is 0 Å². The zero-order chi connectivity index (χ0) is 11.6. The van der Waals surface area contributed by atoms with Gasteiger partial charge in [0.1, 0.15) is 17.0 Å². The third-order valence-electron chi connectivity index (χ3n) is 1.78. The number of anilines is 1. The fraction of sp³-hybridized carbons (Fsp3) is 0.125. The number of rotatable bonds is 3. The van der Waals surface area contributed by atoms with Gasteiger partial charge in [-0.05, 0) is 0 Å². The molecule has 0 fully saturated rings. The summed E-state index contributed by atoms with van der Waals surface area (Å²) in [4.78, 5) is 20.5. The van der Waals surface area contributed by atoms with E-state index in [0.717, 1.165) is 12.1 Å². The van der Waals surface area contributed by atoms with E-state index in [4.69, 9.17) is 15.6 Å². The van der Waals surface area contributed by atoms with Crippen molar-refractivity contribution < 1.29 is 19.6 Å². The number of nitrogen functional groups attached to an aromatic ring is 1. The summed E-state index contributed by atoms with van der Waals surface area (Å²) in [5.74, 6) is -1.32. The molecule has 0 heterocycles. The quantitative estimate of drug-likeness (QED) is 0.336. The molecule has 7 nitrogen and oxygen atoms in total. The summed E-state index contributed by atoms with van der Waals surface area (Å²) in [5.41, 5.74) is 4.47. The second-order valence-electron chi connectivity index (χ2n) is 2.67. The first kappa shape index (κ1) is 14.7. The van der Waals surface area contributed by atoms with E-state index in [1.165, 1.54) is 7.11 Å². The summed E-state index contributed by atoms with van der Waals surface area (Å²) >= 11 is 0. The Kier molecular flexibility index (Phi) is 5.22. The molecule has 0 aliphatic heterocycles. The molecule has 0 unspecified atom stereocenters. The summed E-state index contributed by atoms with van der Waals surface area (Å²) in [6.45, 7) is 0. The van der Waals surface area contributed by atoms with Crippen molar-refractivity contribution in [3.05, 3.63) is 27.8 Å². The predicted molar refractivity (Wildman–Crippen MR) is 58.2 cm³/mol. The molecular weight excluding hydrogens is 227 g/mol. The molecule has 16 heavy (non-hydrogen) atoms. The van der Waals surface area contributed by atoms with Gasteiger partial charge in [0.2, 0.25) is 0 Å². The third kappa shape index (κ3) is 2.84. The average Bonchev–Trinajstić information content (AvgIpc) is 2.16. The van der Waals surface area contributed by atoms with Gasteiger partial charge in [0.15, 0.2) is 0 Å². The summed E-state index contributed by atoms with van der Waals surface area (Å²) in [5, 5.41) is 19.2. The molecule has 0 atom stereocenters. The van der Waals surface area contributed by atoms with Crippen LogP contribution < -0.4 is 10.5 Å². The van der Waals surface area contributed by atoms with Crippen molar-refractivity contribution in [3.8, 4) is 5.75 Å². The van der Waals surface area contributed by atoms with E-state index in [1.807, 2.05) is 0 Å². The van der Waals surface area contributed by atoms with Crippen molar-refractivity contribution in [2.24, 2.45) is 0 Å². The minimum atomic E-state index is -1.31. The Labute approximate surface area is 113 Å². The van der Waals surface area contributed by atoms with Gasteiger partial charge in [-0.15, -0.1) is 0 Å². The SMILES string of the molecule is COc1cc(N)c([N+](=O)[O-])cc1C(=O)O.[NaH]. The van der Waals surface area contributed by atoms with Crippen molar-refractivity contribution in [1.82, 2.24) is 0 Å². The van der Waals surface area contributed by atoms with Crippen molar-refractivity contribution in [1.29, 1.82) is 0 Å². The molecule has 0 saturated heterocycles. The summed E-state index contributed by atoms with van der Waals surface area (Å²) < 4.78 is 4.74. The Bertz CT molecular complexity index is 435. The Morgan fingerprint density at radius 2 is 2.12 bits per heavy atom. The second kappa shape index (κ2) is 5.69. The topological polar surface area (TPSA) is 116 Å². The zero-order valence-corrected chi connectivity index (χ0v) is 7.76. The Morgan fingerprint density at radius 3 is 2.50 bits per heavy atom. The van der Waals surface area contributed by atoms with Gasteiger partial charge in [-0.2, -0.15) is 0 Å². The van der Waals surface area contributed by atoms with Crippen LogP contribution in [0.5, 0.6) is 5.75 Å². The van der Waals surface area contributed by atoms with E-state index in [-0.39, 0.29) is 46.6 Å². The molecule has 0 aliphatic rings. The fourth-order valence-electron chi connectivity index (χ4n) is 1.08. The molecule has 0 radical (unpaired) electrons. The van der Waals surface area contributed by atoms with Gasteiger partial charge in [0.05, 0.1) is 12.0 Å². The number of ether oxygens (including phenoxy) is 1. The average molecular weight is 236 g/mol. The van der Waals surface area contributed by atoms with Crippen LogP contribution in [-0.4, -0.2) is 52.7 Å². The zero-order valence-electron chi connectivity index (χ0n) is 7.76. The van der Waals surface area contributed by atoms with Crippen LogP contribution in [0.1, 0.15) is 10.4 Å². The van der Waals surface area contributed by atoms with E-state index in [0.29, 0.717) is 0 Å². The van der Waals surface area contributed by atoms with E-state index in [1.54, 1.807) is 0 Å². The first-order valence-electron chi connectivity index (χ1n) is 3.82. The maximum atomic E-state index is 10.7. The Balaban J connectivity index is 0.00000225. The van der Waals surface area contributed by atoms with Crippen LogP contribution in [0.3, 0.4) is 0 Å². The van der Waals surface area contributed by atoms with E-state index in [2.05, 4.69) is 0 Å². The number of nitrogens with two attached hydrogens (primary N) is 1. The van der Waals surface area contributed by atoms with Crippen LogP contribution in [-0.2, 0) is 0 Å². The van der Waals surface area contributed by atoms with E-state index in [9.17, 15) is 14.9 Å². The number of nitro benzene ring substituents is 1. The number of hydrogen-bond donors (Lipinski definition) is 2. The Hall–Kier alpha value is -1.31. The molecule has 1 aromatic carbocycles. The molecule has 0 amide bonds. The molecule has 8 heteroatoms. The van der Waals surface area contributed by atoms with Crippen LogP contribution in [0.2, 0.25) is 0 Å². The van der Waals surface area contributed by atoms with Crippen LogP contribution in [0.15, 0.2) is 12.1 Å². The molecule has 0 spiro atoms. The second-order valence-corrected chi connectivity index (χ2v) is 2.67. The van der Waals surface area contributed by atoms with Gasteiger partial charge in [-0.1, -0.05) is 0 Å². The molecule has 3 N–H and O–H groups in total. The first-order valence-corrected chi connectivity index (χ1v) is 3.82. The number of carboxylic acid groups (broad SMARTS) is 1.